The number of carbonyl (C=O) groups is 1. The number of nitro groups is 1. The largest absolute Gasteiger partial charge is 0.496 e. The fraction of sp³-hybridized carbons (Fsp3) is 0.208. The first kappa shape index (κ1) is 25.0. The molecule has 9 heteroatoms. The third-order valence-electron chi connectivity index (χ3n) is 4.72. The number of hydrogen-bond donors (Lipinski definition) is 0. The van der Waals surface area contributed by atoms with Gasteiger partial charge in [-0.2, -0.15) is 0 Å². The van der Waals surface area contributed by atoms with Gasteiger partial charge in [0.15, 0.2) is 5.78 Å². The van der Waals surface area contributed by atoms with Crippen LogP contribution in [0, 0.1) is 10.1 Å². The topological polar surface area (TPSA) is 78.7 Å². The predicted molar refractivity (Wildman–Crippen MR) is 135 cm³/mol. The molecule has 0 amide bonds. The Morgan fingerprint density at radius 1 is 1.21 bits per heavy atom. The van der Waals surface area contributed by atoms with Crippen molar-refractivity contribution in [3.63, 3.8) is 0 Å². The van der Waals surface area contributed by atoms with Crippen LogP contribution < -0.4 is 9.47 Å². The summed E-state index contributed by atoms with van der Waals surface area (Å²) in [5, 5.41) is 11.0. The molecule has 6 nitrogen and oxygen atoms in total. The minimum atomic E-state index is -0.519. The second kappa shape index (κ2) is 11.4. The van der Waals surface area contributed by atoms with E-state index in [-0.39, 0.29) is 23.1 Å². The minimum absolute atomic E-state index is 0.0608. The number of ether oxygens (including phenoxy) is 2. The van der Waals surface area contributed by atoms with Crippen molar-refractivity contribution in [3.8, 4) is 11.5 Å². The van der Waals surface area contributed by atoms with Crippen molar-refractivity contribution < 1.29 is 19.2 Å². The molecule has 0 atom stereocenters. The Morgan fingerprint density at radius 3 is 2.64 bits per heavy atom. The van der Waals surface area contributed by atoms with E-state index < -0.39 is 4.92 Å². The van der Waals surface area contributed by atoms with Crippen LogP contribution in [0.15, 0.2) is 53.0 Å². The van der Waals surface area contributed by atoms with Crippen LogP contribution in [-0.4, -0.2) is 17.8 Å². The summed E-state index contributed by atoms with van der Waals surface area (Å²) in [6.07, 6.45) is 5.25. The molecule has 0 aliphatic carbocycles. The van der Waals surface area contributed by atoms with Crippen molar-refractivity contribution in [2.75, 3.05) is 7.11 Å². The highest BCUT2D eigenvalue weighted by Crippen LogP contribution is 2.31. The highest BCUT2D eigenvalue weighted by atomic mass is 79.9. The molecular weight excluding hydrogens is 530 g/mol. The SMILES string of the molecule is CCCc1sc(C(=O)/C=C/c2ccc(OC)c(COc3ccc([N+](=O)[O-])cc3Cl)c2)cc1Br. The third-order valence-corrected chi connectivity index (χ3v) is 7.19. The second-order valence-electron chi connectivity index (χ2n) is 7.06. The van der Waals surface area contributed by atoms with Crippen LogP contribution in [-0.2, 0) is 13.0 Å². The van der Waals surface area contributed by atoms with Gasteiger partial charge in [-0.05, 0) is 58.3 Å². The average Bonchev–Trinajstić information content (AvgIpc) is 3.17. The lowest BCUT2D eigenvalue weighted by Gasteiger charge is -2.12. The molecule has 1 heterocycles. The number of hydrogen-bond acceptors (Lipinski definition) is 6. The Kier molecular flexibility index (Phi) is 8.66. The summed E-state index contributed by atoms with van der Waals surface area (Å²) in [5.74, 6) is 0.879. The van der Waals surface area contributed by atoms with Crippen LogP contribution in [0.3, 0.4) is 0 Å². The second-order valence-corrected chi connectivity index (χ2v) is 9.46. The molecule has 0 spiro atoms. The third kappa shape index (κ3) is 6.43. The molecule has 3 aromatic rings. The lowest BCUT2D eigenvalue weighted by atomic mass is 10.1. The lowest BCUT2D eigenvalue weighted by Crippen LogP contribution is -2.00. The van der Waals surface area contributed by atoms with E-state index in [1.54, 1.807) is 25.3 Å². The van der Waals surface area contributed by atoms with Gasteiger partial charge < -0.3 is 9.47 Å². The van der Waals surface area contributed by atoms with Gasteiger partial charge in [-0.3, -0.25) is 14.9 Å². The fourth-order valence-electron chi connectivity index (χ4n) is 3.07. The zero-order valence-electron chi connectivity index (χ0n) is 18.0. The number of methoxy groups -OCH3 is 1. The Morgan fingerprint density at radius 2 is 1.97 bits per heavy atom. The van der Waals surface area contributed by atoms with Gasteiger partial charge in [0, 0.05) is 27.0 Å². The number of nitro benzene ring substituents is 1. The maximum atomic E-state index is 12.6. The van der Waals surface area contributed by atoms with E-state index in [2.05, 4.69) is 22.9 Å². The monoisotopic (exact) mass is 549 g/mol. The number of nitrogens with zero attached hydrogens (tertiary/aromatic N) is 1. The molecule has 0 aliphatic heterocycles. The van der Waals surface area contributed by atoms with E-state index in [0.29, 0.717) is 16.4 Å². The molecule has 172 valence electrons. The van der Waals surface area contributed by atoms with Crippen LogP contribution in [0.5, 0.6) is 11.5 Å². The Labute approximate surface area is 209 Å². The van der Waals surface area contributed by atoms with Gasteiger partial charge in [0.25, 0.3) is 5.69 Å². The number of aryl methyl sites for hydroxylation is 1. The molecule has 0 unspecified atom stereocenters. The highest BCUT2D eigenvalue weighted by molar-refractivity contribution is 9.10. The molecule has 33 heavy (non-hydrogen) atoms. The number of ketones is 1. The van der Waals surface area contributed by atoms with Crippen LogP contribution in [0.2, 0.25) is 5.02 Å². The van der Waals surface area contributed by atoms with Gasteiger partial charge >= 0.3 is 0 Å². The van der Waals surface area contributed by atoms with Crippen LogP contribution in [0.25, 0.3) is 6.08 Å². The molecule has 0 bridgehead atoms. The molecule has 0 N–H and O–H groups in total. The number of thiophene rings is 1. The molecule has 3 rings (SSSR count). The number of allylic oxidation sites excluding steroid dienone is 1. The Hall–Kier alpha value is -2.68. The van der Waals surface area contributed by atoms with E-state index in [0.717, 1.165) is 28.4 Å². The molecular formula is C24H21BrClNO5S. The Bertz CT molecular complexity index is 1210. The summed E-state index contributed by atoms with van der Waals surface area (Å²) >= 11 is 11.1. The maximum Gasteiger partial charge on any atom is 0.271 e. The smallest absolute Gasteiger partial charge is 0.271 e. The standard InChI is InChI=1S/C24H21BrClNO5S/c1-3-4-23-18(25)13-24(33-23)20(28)8-5-15-6-9-21(31-2)16(11-15)14-32-22-10-7-17(27(29)30)12-19(22)26/h5-13H,3-4,14H2,1-2H3/b8-5+. The zero-order chi connectivity index (χ0) is 24.0. The van der Waals surface area contributed by atoms with Crippen LogP contribution >= 0.6 is 38.9 Å². The van der Waals surface area contributed by atoms with Crippen molar-refractivity contribution in [2.45, 2.75) is 26.4 Å². The van der Waals surface area contributed by atoms with E-state index >= 15 is 0 Å². The molecule has 0 saturated heterocycles. The molecule has 0 aliphatic rings. The molecule has 2 aromatic carbocycles. The molecule has 1 aromatic heterocycles. The number of halogens is 2. The van der Waals surface area contributed by atoms with E-state index in [1.807, 2.05) is 18.2 Å². The van der Waals surface area contributed by atoms with Gasteiger partial charge in [-0.25, -0.2) is 0 Å². The normalized spacial score (nSPS) is 11.0. The van der Waals surface area contributed by atoms with Crippen LogP contribution in [0.1, 0.15) is 39.0 Å². The first-order valence-corrected chi connectivity index (χ1v) is 12.1. The van der Waals surface area contributed by atoms with Crippen molar-refractivity contribution in [3.05, 3.63) is 89.0 Å². The Balaban J connectivity index is 1.74. The summed E-state index contributed by atoms with van der Waals surface area (Å²) in [6.45, 7) is 2.24. The maximum absolute atomic E-state index is 12.6. The van der Waals surface area contributed by atoms with E-state index in [4.69, 9.17) is 21.1 Å². The highest BCUT2D eigenvalue weighted by Gasteiger charge is 2.13. The zero-order valence-corrected chi connectivity index (χ0v) is 21.1. The predicted octanol–water partition coefficient (Wildman–Crippen LogP) is 7.51. The van der Waals surface area contributed by atoms with E-state index in [9.17, 15) is 14.9 Å². The average molecular weight is 551 g/mol. The molecule has 0 fully saturated rings. The van der Waals surface area contributed by atoms with Gasteiger partial charge in [-0.1, -0.05) is 37.1 Å². The number of carbonyl (C=O) groups excluding carboxylic acids is 1. The number of non-ortho nitro benzene ring substituents is 1. The van der Waals surface area contributed by atoms with Crippen molar-refractivity contribution in [1.82, 2.24) is 0 Å². The summed E-state index contributed by atoms with van der Waals surface area (Å²) in [5.41, 5.74) is 1.44. The summed E-state index contributed by atoms with van der Waals surface area (Å²) in [7, 11) is 1.55. The van der Waals surface area contributed by atoms with Crippen molar-refractivity contribution in [2.24, 2.45) is 0 Å². The van der Waals surface area contributed by atoms with Gasteiger partial charge in [0.2, 0.25) is 0 Å². The quantitative estimate of drug-likeness (QED) is 0.113. The summed E-state index contributed by atoms with van der Waals surface area (Å²) in [4.78, 5) is 24.8. The summed E-state index contributed by atoms with van der Waals surface area (Å²) < 4.78 is 12.1. The fourth-order valence-corrected chi connectivity index (χ4v) is 5.19. The first-order chi connectivity index (χ1) is 15.8. The number of benzene rings is 2. The van der Waals surface area contributed by atoms with Crippen molar-refractivity contribution in [1.29, 1.82) is 0 Å². The minimum Gasteiger partial charge on any atom is -0.496 e. The van der Waals surface area contributed by atoms with Gasteiger partial charge in [0.1, 0.15) is 18.1 Å². The van der Waals surface area contributed by atoms with Gasteiger partial charge in [-0.15, -0.1) is 11.3 Å². The lowest BCUT2D eigenvalue weighted by molar-refractivity contribution is -0.384. The number of rotatable bonds is 10. The first-order valence-electron chi connectivity index (χ1n) is 10.1. The molecule has 0 saturated carbocycles. The summed E-state index contributed by atoms with van der Waals surface area (Å²) in [6, 6.07) is 11.4. The molecule has 0 radical (unpaired) electrons. The van der Waals surface area contributed by atoms with Gasteiger partial charge in [0.05, 0.1) is 21.9 Å². The van der Waals surface area contributed by atoms with Crippen LogP contribution in [0.4, 0.5) is 5.69 Å². The van der Waals surface area contributed by atoms with E-state index in [1.165, 1.54) is 34.4 Å². The van der Waals surface area contributed by atoms with Crippen molar-refractivity contribution >= 4 is 56.4 Å².